The quantitative estimate of drug-likeness (QED) is 0.303. The van der Waals surface area contributed by atoms with Crippen LogP contribution in [0.3, 0.4) is 0 Å². The highest BCUT2D eigenvalue weighted by Gasteiger charge is 2.29. The molecule has 2 aliphatic rings. The summed E-state index contributed by atoms with van der Waals surface area (Å²) in [7, 11) is 0. The standard InChI is InChI=1S/C34H41NO3/c1-23(2)27-19-17-25(16-18-26(36)20-24-10-4-3-5-11-24)21-31(27)35-34(37)22-30-28-12-6-8-14-32(28)38-33-15-9-7-13-29(30)33/h6-9,12-15,17,19,21,23-24,26,30,36H,3-5,10-11,16,18,20,22H2,1-2H3,(H,35,37). The Morgan fingerprint density at radius 3 is 2.26 bits per heavy atom. The van der Waals surface area contributed by atoms with Crippen molar-refractivity contribution >= 4 is 11.6 Å². The number of aliphatic hydroxyl groups excluding tert-OH is 1. The molecule has 3 aromatic carbocycles. The lowest BCUT2D eigenvalue weighted by molar-refractivity contribution is -0.116. The predicted octanol–water partition coefficient (Wildman–Crippen LogP) is 8.34. The molecule has 1 atom stereocenters. The molecule has 1 aliphatic carbocycles. The van der Waals surface area contributed by atoms with Crippen LogP contribution in [0.2, 0.25) is 0 Å². The molecule has 0 saturated heterocycles. The van der Waals surface area contributed by atoms with Crippen LogP contribution in [-0.2, 0) is 11.2 Å². The van der Waals surface area contributed by atoms with Crippen molar-refractivity contribution in [2.45, 2.75) is 89.6 Å². The Morgan fingerprint density at radius 1 is 0.947 bits per heavy atom. The lowest BCUT2D eigenvalue weighted by atomic mass is 9.84. The highest BCUT2D eigenvalue weighted by molar-refractivity contribution is 5.93. The van der Waals surface area contributed by atoms with Gasteiger partial charge in [0, 0.05) is 29.2 Å². The van der Waals surface area contributed by atoms with Gasteiger partial charge in [0.05, 0.1) is 6.10 Å². The van der Waals surface area contributed by atoms with Crippen LogP contribution in [-0.4, -0.2) is 17.1 Å². The van der Waals surface area contributed by atoms with Crippen LogP contribution in [0, 0.1) is 5.92 Å². The molecule has 2 N–H and O–H groups in total. The molecule has 4 nitrogen and oxygen atoms in total. The number of fused-ring (bicyclic) bond motifs is 2. The summed E-state index contributed by atoms with van der Waals surface area (Å²) in [5.41, 5.74) is 5.28. The number of benzene rings is 3. The van der Waals surface area contributed by atoms with Crippen LogP contribution in [0.1, 0.15) is 99.3 Å². The van der Waals surface area contributed by atoms with Crippen molar-refractivity contribution in [3.05, 3.63) is 89.0 Å². The molecule has 5 rings (SSSR count). The molecule has 0 bridgehead atoms. The number of aryl methyl sites for hydroxylation is 1. The Bertz CT molecular complexity index is 1200. The molecule has 1 saturated carbocycles. The van der Waals surface area contributed by atoms with E-state index in [1.54, 1.807) is 0 Å². The van der Waals surface area contributed by atoms with Gasteiger partial charge in [-0.3, -0.25) is 4.79 Å². The number of ether oxygens (including phenoxy) is 1. The maximum Gasteiger partial charge on any atom is 0.225 e. The molecule has 3 aromatic rings. The van der Waals surface area contributed by atoms with Gasteiger partial charge in [-0.25, -0.2) is 0 Å². The molecule has 38 heavy (non-hydrogen) atoms. The maximum atomic E-state index is 13.5. The summed E-state index contributed by atoms with van der Waals surface area (Å²) < 4.78 is 6.12. The van der Waals surface area contributed by atoms with Gasteiger partial charge in [-0.2, -0.15) is 0 Å². The lowest BCUT2D eigenvalue weighted by Crippen LogP contribution is -2.20. The summed E-state index contributed by atoms with van der Waals surface area (Å²) in [5, 5.41) is 13.9. The Morgan fingerprint density at radius 2 is 1.61 bits per heavy atom. The largest absolute Gasteiger partial charge is 0.457 e. The van der Waals surface area contributed by atoms with Crippen LogP contribution in [0.4, 0.5) is 5.69 Å². The Kier molecular flexibility index (Phi) is 8.48. The van der Waals surface area contributed by atoms with Crippen molar-refractivity contribution in [2.75, 3.05) is 5.32 Å². The van der Waals surface area contributed by atoms with Gasteiger partial charge in [-0.05, 0) is 60.4 Å². The van der Waals surface area contributed by atoms with Crippen LogP contribution in [0.25, 0.3) is 0 Å². The first-order valence-corrected chi connectivity index (χ1v) is 14.4. The van der Waals surface area contributed by atoms with Crippen LogP contribution in [0.5, 0.6) is 11.5 Å². The van der Waals surface area contributed by atoms with E-state index >= 15 is 0 Å². The summed E-state index contributed by atoms with van der Waals surface area (Å²) in [6.07, 6.45) is 9.07. The van der Waals surface area contributed by atoms with Gasteiger partial charge in [0.15, 0.2) is 0 Å². The summed E-state index contributed by atoms with van der Waals surface area (Å²) in [6, 6.07) is 22.4. The smallest absolute Gasteiger partial charge is 0.225 e. The third-order valence-corrected chi connectivity index (χ3v) is 8.31. The molecule has 1 aliphatic heterocycles. The van der Waals surface area contributed by atoms with Gasteiger partial charge in [-0.15, -0.1) is 0 Å². The number of para-hydroxylation sites is 2. The van der Waals surface area contributed by atoms with E-state index in [1.807, 2.05) is 36.4 Å². The number of aliphatic hydroxyl groups is 1. The lowest BCUT2D eigenvalue weighted by Gasteiger charge is -2.28. The van der Waals surface area contributed by atoms with Gasteiger partial charge in [0.1, 0.15) is 11.5 Å². The number of rotatable bonds is 9. The summed E-state index contributed by atoms with van der Waals surface area (Å²) in [4.78, 5) is 13.5. The first-order valence-electron chi connectivity index (χ1n) is 14.4. The van der Waals surface area contributed by atoms with Gasteiger partial charge in [0.25, 0.3) is 0 Å². The second kappa shape index (κ2) is 12.2. The van der Waals surface area contributed by atoms with Gasteiger partial charge in [0.2, 0.25) is 5.91 Å². The molecule has 4 heteroatoms. The molecule has 1 amide bonds. The number of carbonyl (C=O) groups excluding carboxylic acids is 1. The molecular weight excluding hydrogens is 470 g/mol. The number of nitrogens with one attached hydrogen (secondary N) is 1. The number of hydrogen-bond donors (Lipinski definition) is 2. The van der Waals surface area contributed by atoms with E-state index in [1.165, 1.54) is 32.1 Å². The second-order valence-electron chi connectivity index (χ2n) is 11.5. The SMILES string of the molecule is CC(C)c1ccc(CCC(O)CC2CCCCC2)cc1NC(=O)CC1c2ccccc2Oc2ccccc21. The molecule has 1 unspecified atom stereocenters. The molecule has 200 valence electrons. The fourth-order valence-electron chi connectivity index (χ4n) is 6.24. The van der Waals surface area contributed by atoms with Crippen molar-refractivity contribution in [2.24, 2.45) is 5.92 Å². The minimum atomic E-state index is -0.255. The number of carbonyl (C=O) groups is 1. The van der Waals surface area contributed by atoms with Gasteiger partial charge in [-0.1, -0.05) is 94.5 Å². The van der Waals surface area contributed by atoms with E-state index in [2.05, 4.69) is 49.5 Å². The monoisotopic (exact) mass is 511 g/mol. The topological polar surface area (TPSA) is 58.6 Å². The third kappa shape index (κ3) is 6.30. The van der Waals surface area contributed by atoms with Crippen LogP contribution >= 0.6 is 0 Å². The fourth-order valence-corrected chi connectivity index (χ4v) is 6.24. The van der Waals surface area contributed by atoms with Gasteiger partial charge >= 0.3 is 0 Å². The van der Waals surface area contributed by atoms with Crippen molar-refractivity contribution in [3.63, 3.8) is 0 Å². The molecule has 1 fully saturated rings. The van der Waals surface area contributed by atoms with Crippen LogP contribution in [0.15, 0.2) is 66.7 Å². The van der Waals surface area contributed by atoms with Crippen LogP contribution < -0.4 is 10.1 Å². The molecule has 1 heterocycles. The highest BCUT2D eigenvalue weighted by Crippen LogP contribution is 2.45. The van der Waals surface area contributed by atoms with Gasteiger partial charge < -0.3 is 15.2 Å². The van der Waals surface area contributed by atoms with E-state index < -0.39 is 0 Å². The number of anilines is 1. The minimum absolute atomic E-state index is 0.00195. The zero-order valence-electron chi connectivity index (χ0n) is 22.8. The zero-order chi connectivity index (χ0) is 26.5. The molecule has 0 radical (unpaired) electrons. The first-order chi connectivity index (χ1) is 18.5. The highest BCUT2D eigenvalue weighted by atomic mass is 16.5. The number of hydrogen-bond acceptors (Lipinski definition) is 3. The average Bonchev–Trinajstić information content (AvgIpc) is 2.92. The van der Waals surface area contributed by atoms with Crippen molar-refractivity contribution in [1.82, 2.24) is 0 Å². The van der Waals surface area contributed by atoms with E-state index in [0.29, 0.717) is 18.3 Å². The first kappa shape index (κ1) is 26.5. The average molecular weight is 512 g/mol. The van der Waals surface area contributed by atoms with Crippen molar-refractivity contribution < 1.29 is 14.6 Å². The fraction of sp³-hybridized carbons (Fsp3) is 0.441. The second-order valence-corrected chi connectivity index (χ2v) is 11.5. The normalized spacial score (nSPS) is 16.4. The molecule has 0 aromatic heterocycles. The Hall–Kier alpha value is -3.11. The summed E-state index contributed by atoms with van der Waals surface area (Å²) in [5.74, 6) is 2.55. The van der Waals surface area contributed by atoms with Crippen molar-refractivity contribution in [1.29, 1.82) is 0 Å². The molecular formula is C34H41NO3. The summed E-state index contributed by atoms with van der Waals surface area (Å²) in [6.45, 7) is 4.31. The van der Waals surface area contributed by atoms with E-state index in [0.717, 1.165) is 58.7 Å². The van der Waals surface area contributed by atoms with E-state index in [-0.39, 0.29) is 17.9 Å². The number of amides is 1. The Labute approximate surface area is 227 Å². The van der Waals surface area contributed by atoms with Crippen molar-refractivity contribution in [3.8, 4) is 11.5 Å². The predicted molar refractivity (Wildman–Crippen MR) is 154 cm³/mol. The van der Waals surface area contributed by atoms with E-state index in [4.69, 9.17) is 4.74 Å². The summed E-state index contributed by atoms with van der Waals surface area (Å²) >= 11 is 0. The zero-order valence-corrected chi connectivity index (χ0v) is 22.8. The maximum absolute atomic E-state index is 13.5. The van der Waals surface area contributed by atoms with E-state index in [9.17, 15) is 9.90 Å². The minimum Gasteiger partial charge on any atom is -0.457 e. The Balaban J connectivity index is 1.28. The molecule has 0 spiro atoms. The third-order valence-electron chi connectivity index (χ3n) is 8.31.